The Balaban J connectivity index is 1.98. The van der Waals surface area contributed by atoms with Crippen molar-refractivity contribution < 1.29 is 10.0 Å². The molecular weight excluding hydrogens is 290 g/mol. The highest BCUT2D eigenvalue weighted by Gasteiger charge is 2.17. The van der Waals surface area contributed by atoms with Crippen LogP contribution >= 0.6 is 11.8 Å². The number of hydrogen-bond donors (Lipinski definition) is 2. The molecule has 3 rings (SSSR count). The van der Waals surface area contributed by atoms with Gasteiger partial charge in [-0.25, -0.2) is 4.98 Å². The number of nitro benzene ring substituents is 1. The lowest BCUT2D eigenvalue weighted by Gasteiger charge is -2.02. The second-order valence-electron chi connectivity index (χ2n) is 4.38. The molecule has 0 fully saturated rings. The van der Waals surface area contributed by atoms with Crippen LogP contribution in [0.15, 0.2) is 52.5 Å². The molecule has 0 saturated carbocycles. The van der Waals surface area contributed by atoms with Crippen LogP contribution in [0.25, 0.3) is 11.0 Å². The van der Waals surface area contributed by atoms with Gasteiger partial charge in [0.2, 0.25) is 0 Å². The third kappa shape index (κ3) is 2.74. The highest BCUT2D eigenvalue weighted by Crippen LogP contribution is 2.34. The first-order valence-electron chi connectivity index (χ1n) is 6.18. The number of fused-ring (bicyclic) bond motifs is 1. The standard InChI is InChI=1S/C14H11N3O3S/c18-8-9-5-6-13(12(7-9)17(19)20)21-14-15-10-3-1-2-4-11(10)16-14/h1-7,18H,8H2,(H,15,16). The van der Waals surface area contributed by atoms with Crippen LogP contribution in [0.3, 0.4) is 0 Å². The second kappa shape index (κ2) is 5.55. The van der Waals surface area contributed by atoms with Crippen molar-refractivity contribution in [1.82, 2.24) is 9.97 Å². The van der Waals surface area contributed by atoms with Crippen LogP contribution in [0, 0.1) is 10.1 Å². The summed E-state index contributed by atoms with van der Waals surface area (Å²) in [5, 5.41) is 20.8. The third-order valence-electron chi connectivity index (χ3n) is 2.98. The molecule has 2 N–H and O–H groups in total. The van der Waals surface area contributed by atoms with Gasteiger partial charge in [0.05, 0.1) is 27.5 Å². The van der Waals surface area contributed by atoms with Gasteiger partial charge in [-0.05, 0) is 35.5 Å². The molecule has 0 spiro atoms. The van der Waals surface area contributed by atoms with E-state index in [9.17, 15) is 10.1 Å². The number of nitrogens with one attached hydrogen (secondary N) is 1. The van der Waals surface area contributed by atoms with Crippen molar-refractivity contribution in [3.05, 3.63) is 58.1 Å². The van der Waals surface area contributed by atoms with E-state index in [4.69, 9.17) is 5.11 Å². The summed E-state index contributed by atoms with van der Waals surface area (Å²) in [6.07, 6.45) is 0. The fourth-order valence-corrected chi connectivity index (χ4v) is 2.86. The number of rotatable bonds is 4. The Morgan fingerprint density at radius 3 is 2.81 bits per heavy atom. The number of nitro groups is 1. The monoisotopic (exact) mass is 301 g/mol. The first-order chi connectivity index (χ1) is 10.2. The van der Waals surface area contributed by atoms with Crippen LogP contribution in [0.2, 0.25) is 0 Å². The topological polar surface area (TPSA) is 92.1 Å². The molecule has 106 valence electrons. The Labute approximate surface area is 124 Å². The number of nitrogens with zero attached hydrogens (tertiary/aromatic N) is 2. The van der Waals surface area contributed by atoms with Gasteiger partial charge in [-0.2, -0.15) is 0 Å². The Bertz CT molecular complexity index is 783. The number of aromatic amines is 1. The molecule has 0 saturated heterocycles. The minimum absolute atomic E-state index is 0.0352. The zero-order valence-corrected chi connectivity index (χ0v) is 11.6. The van der Waals surface area contributed by atoms with Crippen LogP contribution in [-0.2, 0) is 6.61 Å². The van der Waals surface area contributed by atoms with Crippen LogP contribution in [-0.4, -0.2) is 20.0 Å². The van der Waals surface area contributed by atoms with Crippen LogP contribution in [0.4, 0.5) is 5.69 Å². The lowest BCUT2D eigenvalue weighted by atomic mass is 10.2. The lowest BCUT2D eigenvalue weighted by Crippen LogP contribution is -1.93. The van der Waals surface area contributed by atoms with Crippen molar-refractivity contribution in [1.29, 1.82) is 0 Å². The van der Waals surface area contributed by atoms with E-state index in [1.807, 2.05) is 24.3 Å². The minimum atomic E-state index is -0.454. The number of imidazole rings is 1. The molecule has 21 heavy (non-hydrogen) atoms. The van der Waals surface area contributed by atoms with Crippen molar-refractivity contribution in [3.63, 3.8) is 0 Å². The summed E-state index contributed by atoms with van der Waals surface area (Å²) in [5.41, 5.74) is 2.17. The SMILES string of the molecule is O=[N+]([O-])c1cc(CO)ccc1Sc1nc2ccccc2[nH]1. The Hall–Kier alpha value is -2.38. The number of aliphatic hydroxyl groups is 1. The summed E-state index contributed by atoms with van der Waals surface area (Å²) in [5.74, 6) is 0. The summed E-state index contributed by atoms with van der Waals surface area (Å²) in [7, 11) is 0. The van der Waals surface area contributed by atoms with E-state index in [-0.39, 0.29) is 12.3 Å². The average molecular weight is 301 g/mol. The summed E-state index contributed by atoms with van der Waals surface area (Å²) >= 11 is 1.20. The molecule has 0 radical (unpaired) electrons. The van der Waals surface area contributed by atoms with E-state index in [0.29, 0.717) is 15.6 Å². The normalized spacial score (nSPS) is 10.9. The molecule has 0 bridgehead atoms. The Kier molecular flexibility index (Phi) is 3.59. The first-order valence-corrected chi connectivity index (χ1v) is 7.00. The van der Waals surface area contributed by atoms with Crippen molar-refractivity contribution in [3.8, 4) is 0 Å². The van der Waals surface area contributed by atoms with Gasteiger partial charge in [0.25, 0.3) is 5.69 Å². The maximum atomic E-state index is 11.1. The predicted molar refractivity (Wildman–Crippen MR) is 79.2 cm³/mol. The molecule has 0 aliphatic rings. The maximum Gasteiger partial charge on any atom is 0.283 e. The molecule has 0 atom stereocenters. The third-order valence-corrected chi connectivity index (χ3v) is 3.93. The highest BCUT2D eigenvalue weighted by atomic mass is 32.2. The van der Waals surface area contributed by atoms with E-state index in [1.54, 1.807) is 12.1 Å². The van der Waals surface area contributed by atoms with Gasteiger partial charge in [0, 0.05) is 6.07 Å². The number of hydrogen-bond acceptors (Lipinski definition) is 5. The van der Waals surface area contributed by atoms with E-state index >= 15 is 0 Å². The van der Waals surface area contributed by atoms with Gasteiger partial charge >= 0.3 is 0 Å². The van der Waals surface area contributed by atoms with Gasteiger partial charge < -0.3 is 10.1 Å². The average Bonchev–Trinajstić information content (AvgIpc) is 2.89. The van der Waals surface area contributed by atoms with Gasteiger partial charge in [0.15, 0.2) is 5.16 Å². The van der Waals surface area contributed by atoms with Crippen molar-refractivity contribution in [2.24, 2.45) is 0 Å². The van der Waals surface area contributed by atoms with Crippen LogP contribution in [0.5, 0.6) is 0 Å². The largest absolute Gasteiger partial charge is 0.392 e. The smallest absolute Gasteiger partial charge is 0.283 e. The Morgan fingerprint density at radius 2 is 2.10 bits per heavy atom. The summed E-state index contributed by atoms with van der Waals surface area (Å²) in [4.78, 5) is 18.7. The van der Waals surface area contributed by atoms with Crippen molar-refractivity contribution >= 4 is 28.5 Å². The van der Waals surface area contributed by atoms with Crippen LogP contribution in [0.1, 0.15) is 5.56 Å². The molecule has 6 nitrogen and oxygen atoms in total. The van der Waals surface area contributed by atoms with E-state index in [2.05, 4.69) is 9.97 Å². The number of aliphatic hydroxyl groups excluding tert-OH is 1. The molecule has 0 amide bonds. The zero-order chi connectivity index (χ0) is 14.8. The second-order valence-corrected chi connectivity index (χ2v) is 5.41. The fraction of sp³-hybridized carbons (Fsp3) is 0.0714. The minimum Gasteiger partial charge on any atom is -0.392 e. The van der Waals surface area contributed by atoms with E-state index in [0.717, 1.165) is 11.0 Å². The molecule has 1 aromatic heterocycles. The van der Waals surface area contributed by atoms with Crippen molar-refractivity contribution in [2.45, 2.75) is 16.7 Å². The van der Waals surface area contributed by atoms with Gasteiger partial charge in [-0.3, -0.25) is 10.1 Å². The van der Waals surface area contributed by atoms with Gasteiger partial charge in [0.1, 0.15) is 0 Å². The highest BCUT2D eigenvalue weighted by molar-refractivity contribution is 7.99. The predicted octanol–water partition coefficient (Wildman–Crippen LogP) is 3.11. The van der Waals surface area contributed by atoms with Gasteiger partial charge in [-0.1, -0.05) is 18.2 Å². The lowest BCUT2D eigenvalue weighted by molar-refractivity contribution is -0.387. The Morgan fingerprint density at radius 1 is 1.29 bits per heavy atom. The molecular formula is C14H11N3O3S. The quantitative estimate of drug-likeness (QED) is 0.570. The molecule has 0 unspecified atom stereocenters. The number of benzene rings is 2. The van der Waals surface area contributed by atoms with Gasteiger partial charge in [-0.15, -0.1) is 0 Å². The molecule has 1 heterocycles. The summed E-state index contributed by atoms with van der Waals surface area (Å²) in [6, 6.07) is 12.2. The number of aromatic nitrogens is 2. The first kappa shape index (κ1) is 13.6. The van der Waals surface area contributed by atoms with E-state index < -0.39 is 4.92 Å². The zero-order valence-electron chi connectivity index (χ0n) is 10.8. The molecule has 0 aliphatic heterocycles. The number of para-hydroxylation sites is 2. The fourth-order valence-electron chi connectivity index (χ4n) is 1.97. The van der Waals surface area contributed by atoms with E-state index in [1.165, 1.54) is 17.8 Å². The maximum absolute atomic E-state index is 11.1. The summed E-state index contributed by atoms with van der Waals surface area (Å²) < 4.78 is 0. The number of H-pyrrole nitrogens is 1. The molecule has 7 heteroatoms. The van der Waals surface area contributed by atoms with Crippen LogP contribution < -0.4 is 0 Å². The van der Waals surface area contributed by atoms with Crippen molar-refractivity contribution in [2.75, 3.05) is 0 Å². The molecule has 2 aromatic carbocycles. The molecule has 0 aliphatic carbocycles. The molecule has 3 aromatic rings. The summed E-state index contributed by atoms with van der Waals surface area (Å²) in [6.45, 7) is -0.226.